The first-order valence-electron chi connectivity index (χ1n) is 6.29. The van der Waals surface area contributed by atoms with Crippen molar-refractivity contribution >= 4 is 21.8 Å². The van der Waals surface area contributed by atoms with Gasteiger partial charge in [0.25, 0.3) is 0 Å². The number of halogens is 1. The number of aryl methyl sites for hydroxylation is 3. The molecular formula is C13H18BrN5O. The van der Waals surface area contributed by atoms with Gasteiger partial charge in [0.15, 0.2) is 0 Å². The first-order valence-corrected chi connectivity index (χ1v) is 7.08. The molecule has 0 fully saturated rings. The number of hydrogen-bond donors (Lipinski definition) is 0. The van der Waals surface area contributed by atoms with E-state index in [1.54, 1.807) is 21.3 Å². The van der Waals surface area contributed by atoms with Crippen molar-refractivity contribution in [1.82, 2.24) is 24.5 Å². The van der Waals surface area contributed by atoms with Gasteiger partial charge in [-0.2, -0.15) is 10.2 Å². The van der Waals surface area contributed by atoms with Gasteiger partial charge in [-0.3, -0.25) is 14.2 Å². The van der Waals surface area contributed by atoms with Crippen LogP contribution in [0.25, 0.3) is 0 Å². The Morgan fingerprint density at radius 1 is 1.30 bits per heavy atom. The lowest BCUT2D eigenvalue weighted by Crippen LogP contribution is -2.30. The molecular weight excluding hydrogens is 322 g/mol. The number of hydrogen-bond acceptors (Lipinski definition) is 3. The van der Waals surface area contributed by atoms with E-state index in [4.69, 9.17) is 0 Å². The molecule has 0 aliphatic heterocycles. The van der Waals surface area contributed by atoms with Gasteiger partial charge in [0.05, 0.1) is 15.9 Å². The second kappa shape index (κ2) is 5.78. The van der Waals surface area contributed by atoms with Crippen LogP contribution in [0.1, 0.15) is 17.0 Å². The van der Waals surface area contributed by atoms with Gasteiger partial charge in [0.2, 0.25) is 5.91 Å². The highest BCUT2D eigenvalue weighted by molar-refractivity contribution is 9.10. The Morgan fingerprint density at radius 3 is 2.50 bits per heavy atom. The largest absolute Gasteiger partial charge is 0.340 e. The van der Waals surface area contributed by atoms with Crippen LogP contribution in [0.4, 0.5) is 0 Å². The number of rotatable bonds is 4. The predicted octanol–water partition coefficient (Wildman–Crippen LogP) is 1.65. The van der Waals surface area contributed by atoms with Crippen LogP contribution in [0.2, 0.25) is 0 Å². The summed E-state index contributed by atoms with van der Waals surface area (Å²) in [4.78, 5) is 13.9. The zero-order valence-electron chi connectivity index (χ0n) is 12.1. The number of carbonyl (C=O) groups is 1. The van der Waals surface area contributed by atoms with Crippen molar-refractivity contribution in [1.29, 1.82) is 0 Å². The maximum Gasteiger partial charge on any atom is 0.244 e. The molecule has 0 aliphatic carbocycles. The molecule has 0 spiro atoms. The average Bonchev–Trinajstić information content (AvgIpc) is 2.82. The van der Waals surface area contributed by atoms with Crippen LogP contribution >= 0.6 is 15.9 Å². The Hall–Kier alpha value is -1.63. The Balaban J connectivity index is 2.00. The monoisotopic (exact) mass is 339 g/mol. The molecule has 0 N–H and O–H groups in total. The summed E-state index contributed by atoms with van der Waals surface area (Å²) in [6.45, 7) is 4.64. The van der Waals surface area contributed by atoms with Crippen LogP contribution in [0.3, 0.4) is 0 Å². The fraction of sp³-hybridized carbons (Fsp3) is 0.462. The molecule has 2 heterocycles. The molecule has 7 heteroatoms. The summed E-state index contributed by atoms with van der Waals surface area (Å²) >= 11 is 3.39. The first-order chi connectivity index (χ1) is 9.36. The molecule has 6 nitrogen and oxygen atoms in total. The van der Waals surface area contributed by atoms with Gasteiger partial charge in [-0.1, -0.05) is 0 Å². The normalized spacial score (nSPS) is 10.8. The molecule has 0 radical (unpaired) electrons. The van der Waals surface area contributed by atoms with Crippen molar-refractivity contribution in [2.45, 2.75) is 26.9 Å². The smallest absolute Gasteiger partial charge is 0.244 e. The highest BCUT2D eigenvalue weighted by Crippen LogP contribution is 2.13. The van der Waals surface area contributed by atoms with Crippen LogP contribution in [-0.2, 0) is 24.9 Å². The molecule has 1 amide bonds. The highest BCUT2D eigenvalue weighted by Gasteiger charge is 2.14. The van der Waals surface area contributed by atoms with E-state index in [0.29, 0.717) is 6.54 Å². The molecule has 0 saturated carbocycles. The lowest BCUT2D eigenvalue weighted by atomic mass is 10.2. The molecule has 0 saturated heterocycles. The van der Waals surface area contributed by atoms with Crippen LogP contribution < -0.4 is 0 Å². The molecule has 0 atom stereocenters. The lowest BCUT2D eigenvalue weighted by Gasteiger charge is -2.16. The van der Waals surface area contributed by atoms with Crippen LogP contribution in [0.15, 0.2) is 16.9 Å². The molecule has 108 valence electrons. The van der Waals surface area contributed by atoms with E-state index in [1.807, 2.05) is 33.3 Å². The van der Waals surface area contributed by atoms with Crippen molar-refractivity contribution in [3.63, 3.8) is 0 Å². The predicted molar refractivity (Wildman–Crippen MR) is 79.1 cm³/mol. The zero-order chi connectivity index (χ0) is 14.9. The maximum atomic E-state index is 12.2. The molecule has 2 aromatic rings. The van der Waals surface area contributed by atoms with E-state index in [0.717, 1.165) is 21.4 Å². The first kappa shape index (κ1) is 14.8. The van der Waals surface area contributed by atoms with Crippen molar-refractivity contribution < 1.29 is 4.79 Å². The Labute approximate surface area is 126 Å². The third-order valence-corrected chi connectivity index (χ3v) is 3.91. The number of likely N-dealkylation sites (N-methyl/N-ethyl adjacent to an activating group) is 1. The van der Waals surface area contributed by atoms with E-state index in [9.17, 15) is 4.79 Å². The number of nitrogens with zero attached hydrogens (tertiary/aromatic N) is 5. The van der Waals surface area contributed by atoms with E-state index < -0.39 is 0 Å². The summed E-state index contributed by atoms with van der Waals surface area (Å²) in [6, 6.07) is 0. The molecule has 20 heavy (non-hydrogen) atoms. The van der Waals surface area contributed by atoms with Crippen molar-refractivity contribution in [2.24, 2.45) is 7.05 Å². The highest BCUT2D eigenvalue weighted by atomic mass is 79.9. The van der Waals surface area contributed by atoms with E-state index >= 15 is 0 Å². The summed E-state index contributed by atoms with van der Waals surface area (Å²) < 4.78 is 4.32. The number of amides is 1. The van der Waals surface area contributed by atoms with E-state index in [-0.39, 0.29) is 12.5 Å². The topological polar surface area (TPSA) is 56.0 Å². The SMILES string of the molecule is Cc1nn(CC(=O)N(C)Cc2cn(C)nc2C)cc1Br. The number of aromatic nitrogens is 4. The summed E-state index contributed by atoms with van der Waals surface area (Å²) in [7, 11) is 3.67. The Bertz CT molecular complexity index is 611. The van der Waals surface area contributed by atoms with Gasteiger partial charge in [-0.15, -0.1) is 0 Å². The average molecular weight is 340 g/mol. The maximum absolute atomic E-state index is 12.2. The summed E-state index contributed by atoms with van der Waals surface area (Å²) in [5.74, 6) is 0.0169. The van der Waals surface area contributed by atoms with Gasteiger partial charge in [-0.25, -0.2) is 0 Å². The third kappa shape index (κ3) is 3.27. The lowest BCUT2D eigenvalue weighted by molar-refractivity contribution is -0.131. The van der Waals surface area contributed by atoms with Crippen LogP contribution in [0, 0.1) is 13.8 Å². The van der Waals surface area contributed by atoms with E-state index in [2.05, 4.69) is 26.1 Å². The Kier molecular flexibility index (Phi) is 4.27. The second-order valence-corrected chi connectivity index (χ2v) is 5.78. The minimum atomic E-state index is 0.0169. The van der Waals surface area contributed by atoms with Gasteiger partial charge in [-0.05, 0) is 29.8 Å². The van der Waals surface area contributed by atoms with E-state index in [1.165, 1.54) is 0 Å². The van der Waals surface area contributed by atoms with Crippen molar-refractivity contribution in [3.05, 3.63) is 33.8 Å². The van der Waals surface area contributed by atoms with Gasteiger partial charge in [0, 0.05) is 38.6 Å². The van der Waals surface area contributed by atoms with Gasteiger partial charge >= 0.3 is 0 Å². The van der Waals surface area contributed by atoms with Crippen molar-refractivity contribution in [3.8, 4) is 0 Å². The zero-order valence-corrected chi connectivity index (χ0v) is 13.7. The van der Waals surface area contributed by atoms with Crippen LogP contribution in [-0.4, -0.2) is 37.4 Å². The quantitative estimate of drug-likeness (QED) is 0.851. The third-order valence-electron chi connectivity index (χ3n) is 3.13. The second-order valence-electron chi connectivity index (χ2n) is 4.92. The van der Waals surface area contributed by atoms with Gasteiger partial charge in [0.1, 0.15) is 6.54 Å². The molecule has 0 aromatic carbocycles. The van der Waals surface area contributed by atoms with Crippen molar-refractivity contribution in [2.75, 3.05) is 7.05 Å². The molecule has 0 bridgehead atoms. The van der Waals surface area contributed by atoms with Gasteiger partial charge < -0.3 is 4.90 Å². The standard InChI is InChI=1S/C13H18BrN5O/c1-9-11(6-18(4)15-9)5-17(3)13(20)8-19-7-12(14)10(2)16-19/h6-7H,5,8H2,1-4H3. The summed E-state index contributed by atoms with van der Waals surface area (Å²) in [6.07, 6.45) is 3.75. The van der Waals surface area contributed by atoms with Crippen LogP contribution in [0.5, 0.6) is 0 Å². The fourth-order valence-corrected chi connectivity index (χ4v) is 2.30. The molecule has 2 aromatic heterocycles. The fourth-order valence-electron chi connectivity index (χ4n) is 1.98. The molecule has 0 unspecified atom stereocenters. The minimum Gasteiger partial charge on any atom is -0.340 e. The molecule has 0 aliphatic rings. The summed E-state index contributed by atoms with van der Waals surface area (Å²) in [5, 5.41) is 8.54. The Morgan fingerprint density at radius 2 is 2.00 bits per heavy atom. The summed E-state index contributed by atoms with van der Waals surface area (Å²) in [5.41, 5.74) is 2.88. The minimum absolute atomic E-state index is 0.0169. The number of carbonyl (C=O) groups excluding carboxylic acids is 1. The molecule has 2 rings (SSSR count).